The molecule has 17 heavy (non-hydrogen) atoms. The fraction of sp³-hybridized carbons (Fsp3) is 0.250. The maximum absolute atomic E-state index is 6.15. The van der Waals surface area contributed by atoms with Crippen molar-refractivity contribution < 1.29 is 4.52 Å². The van der Waals surface area contributed by atoms with Crippen molar-refractivity contribution in [3.8, 4) is 11.3 Å². The molecule has 2 nitrogen and oxygen atoms in total. The largest absolute Gasteiger partial charge is 0.359 e. The van der Waals surface area contributed by atoms with Gasteiger partial charge in [0, 0.05) is 11.5 Å². The van der Waals surface area contributed by atoms with Gasteiger partial charge in [0.1, 0.15) is 5.69 Å². The Bertz CT molecular complexity index is 558. The highest BCUT2D eigenvalue weighted by Crippen LogP contribution is 2.47. The highest BCUT2D eigenvalue weighted by molar-refractivity contribution is 9.10. The molecule has 2 aromatic rings. The van der Waals surface area contributed by atoms with Gasteiger partial charge in [-0.05, 0) is 40.9 Å². The molecule has 3 rings (SSSR count). The zero-order valence-electron chi connectivity index (χ0n) is 8.71. The Balaban J connectivity index is 2.15. The lowest BCUT2D eigenvalue weighted by Gasteiger charge is -2.03. The van der Waals surface area contributed by atoms with Crippen LogP contribution in [0, 0.1) is 0 Å². The van der Waals surface area contributed by atoms with Gasteiger partial charge in [-0.3, -0.25) is 0 Å². The third-order valence-electron chi connectivity index (χ3n) is 2.81. The Morgan fingerprint density at radius 1 is 1.24 bits per heavy atom. The van der Waals surface area contributed by atoms with Crippen molar-refractivity contribution in [1.82, 2.24) is 5.16 Å². The second-order valence-electron chi connectivity index (χ2n) is 4.08. The summed E-state index contributed by atoms with van der Waals surface area (Å²) in [5.74, 6) is 1.39. The molecular weight excluding hydrogens is 325 g/mol. The van der Waals surface area contributed by atoms with Crippen molar-refractivity contribution in [2.45, 2.75) is 18.8 Å². The third-order valence-corrected chi connectivity index (χ3v) is 4.20. The van der Waals surface area contributed by atoms with Gasteiger partial charge in [0.25, 0.3) is 0 Å². The standard InChI is InChI=1S/C12H8BrCl2NO/c13-10-11(16-17-12(10)6-4-5-6)9-7(14)2-1-3-8(9)15/h1-3,6H,4-5H2. The van der Waals surface area contributed by atoms with E-state index < -0.39 is 0 Å². The van der Waals surface area contributed by atoms with E-state index in [1.165, 1.54) is 0 Å². The molecule has 0 radical (unpaired) electrons. The van der Waals surface area contributed by atoms with Crippen molar-refractivity contribution in [1.29, 1.82) is 0 Å². The summed E-state index contributed by atoms with van der Waals surface area (Å²) in [6, 6.07) is 5.39. The van der Waals surface area contributed by atoms with Gasteiger partial charge < -0.3 is 4.52 Å². The quantitative estimate of drug-likeness (QED) is 0.746. The molecule has 88 valence electrons. The van der Waals surface area contributed by atoms with Crippen LogP contribution >= 0.6 is 39.1 Å². The summed E-state index contributed by atoms with van der Waals surface area (Å²) < 4.78 is 6.24. The van der Waals surface area contributed by atoms with Crippen LogP contribution in [0.1, 0.15) is 24.5 Å². The van der Waals surface area contributed by atoms with Gasteiger partial charge in [0.05, 0.1) is 14.5 Å². The van der Waals surface area contributed by atoms with Crippen LogP contribution in [0.15, 0.2) is 27.2 Å². The number of rotatable bonds is 2. The van der Waals surface area contributed by atoms with Crippen LogP contribution in [0.4, 0.5) is 0 Å². The number of nitrogens with zero attached hydrogens (tertiary/aromatic N) is 1. The van der Waals surface area contributed by atoms with Gasteiger partial charge in [0.15, 0.2) is 5.76 Å². The molecular formula is C12H8BrCl2NO. The molecule has 1 saturated carbocycles. The second kappa shape index (κ2) is 4.30. The molecule has 0 bridgehead atoms. The lowest BCUT2D eigenvalue weighted by atomic mass is 10.1. The maximum atomic E-state index is 6.15. The van der Waals surface area contributed by atoms with Gasteiger partial charge in [-0.1, -0.05) is 34.4 Å². The third kappa shape index (κ3) is 2.01. The molecule has 1 fully saturated rings. The number of halogens is 3. The number of aromatic nitrogens is 1. The van der Waals surface area contributed by atoms with E-state index in [0.29, 0.717) is 21.7 Å². The first-order valence-corrected chi connectivity index (χ1v) is 6.83. The van der Waals surface area contributed by atoms with Crippen molar-refractivity contribution in [2.24, 2.45) is 0 Å². The Labute approximate surface area is 117 Å². The topological polar surface area (TPSA) is 26.0 Å². The summed E-state index contributed by atoms with van der Waals surface area (Å²) in [6.45, 7) is 0. The van der Waals surface area contributed by atoms with E-state index in [1.54, 1.807) is 12.1 Å². The average Bonchev–Trinajstić information content (AvgIpc) is 3.05. The minimum absolute atomic E-state index is 0.492. The van der Waals surface area contributed by atoms with Gasteiger partial charge in [-0.25, -0.2) is 0 Å². The van der Waals surface area contributed by atoms with Crippen LogP contribution in [0.25, 0.3) is 11.3 Å². The van der Waals surface area contributed by atoms with Crippen LogP contribution in [0.5, 0.6) is 0 Å². The molecule has 1 aromatic heterocycles. The molecule has 0 saturated heterocycles. The minimum Gasteiger partial charge on any atom is -0.359 e. The van der Waals surface area contributed by atoms with Crippen LogP contribution < -0.4 is 0 Å². The minimum atomic E-state index is 0.492. The molecule has 1 aromatic carbocycles. The van der Waals surface area contributed by atoms with Gasteiger partial charge >= 0.3 is 0 Å². The predicted molar refractivity (Wildman–Crippen MR) is 71.6 cm³/mol. The zero-order valence-corrected chi connectivity index (χ0v) is 11.8. The Morgan fingerprint density at radius 2 is 1.88 bits per heavy atom. The molecule has 1 heterocycles. The Morgan fingerprint density at radius 3 is 2.47 bits per heavy atom. The first-order valence-electron chi connectivity index (χ1n) is 5.28. The second-order valence-corrected chi connectivity index (χ2v) is 5.69. The fourth-order valence-electron chi connectivity index (χ4n) is 1.77. The highest BCUT2D eigenvalue weighted by atomic mass is 79.9. The molecule has 0 spiro atoms. The predicted octanol–water partition coefficient (Wildman–Crippen LogP) is 5.29. The van der Waals surface area contributed by atoms with Crippen molar-refractivity contribution in [2.75, 3.05) is 0 Å². The first-order chi connectivity index (χ1) is 8.18. The monoisotopic (exact) mass is 331 g/mol. The molecule has 0 unspecified atom stereocenters. The lowest BCUT2D eigenvalue weighted by Crippen LogP contribution is -1.83. The van der Waals surface area contributed by atoms with E-state index in [1.807, 2.05) is 6.07 Å². The van der Waals surface area contributed by atoms with Crippen LogP contribution in [0.3, 0.4) is 0 Å². The molecule has 0 atom stereocenters. The fourth-order valence-corrected chi connectivity index (χ4v) is 3.01. The normalized spacial score (nSPS) is 15.2. The van der Waals surface area contributed by atoms with Crippen LogP contribution in [-0.2, 0) is 0 Å². The number of hydrogen-bond donors (Lipinski definition) is 0. The van der Waals surface area contributed by atoms with E-state index >= 15 is 0 Å². The van der Waals surface area contributed by atoms with E-state index in [9.17, 15) is 0 Å². The Kier molecular flexibility index (Phi) is 2.93. The molecule has 5 heteroatoms. The summed E-state index contributed by atoms with van der Waals surface area (Å²) in [5.41, 5.74) is 1.40. The molecule has 0 N–H and O–H groups in total. The molecule has 0 amide bonds. The summed E-state index contributed by atoms with van der Waals surface area (Å²) in [4.78, 5) is 0. The Hall–Kier alpha value is -0.510. The highest BCUT2D eigenvalue weighted by Gasteiger charge is 2.32. The van der Waals surface area contributed by atoms with Crippen LogP contribution in [-0.4, -0.2) is 5.16 Å². The summed E-state index contributed by atoms with van der Waals surface area (Å²) >= 11 is 15.8. The maximum Gasteiger partial charge on any atom is 0.154 e. The van der Waals surface area contributed by atoms with Gasteiger partial charge in [-0.2, -0.15) is 0 Å². The number of hydrogen-bond acceptors (Lipinski definition) is 2. The molecule has 1 aliphatic rings. The number of benzene rings is 1. The average molecular weight is 333 g/mol. The summed E-state index contributed by atoms with van der Waals surface area (Å²) in [5, 5.41) is 5.23. The van der Waals surface area contributed by atoms with Crippen molar-refractivity contribution in [3.63, 3.8) is 0 Å². The SMILES string of the molecule is Clc1cccc(Cl)c1-c1noc(C2CC2)c1Br. The summed E-state index contributed by atoms with van der Waals surface area (Å²) in [6.07, 6.45) is 2.31. The van der Waals surface area contributed by atoms with Crippen molar-refractivity contribution in [3.05, 3.63) is 38.5 Å². The summed E-state index contributed by atoms with van der Waals surface area (Å²) in [7, 11) is 0. The first kappa shape index (κ1) is 11.6. The van der Waals surface area contributed by atoms with Gasteiger partial charge in [-0.15, -0.1) is 0 Å². The van der Waals surface area contributed by atoms with Crippen LogP contribution in [0.2, 0.25) is 10.0 Å². The zero-order chi connectivity index (χ0) is 12.0. The van der Waals surface area contributed by atoms with E-state index in [4.69, 9.17) is 27.7 Å². The molecule has 0 aliphatic heterocycles. The van der Waals surface area contributed by atoms with E-state index in [2.05, 4.69) is 21.1 Å². The van der Waals surface area contributed by atoms with Crippen molar-refractivity contribution >= 4 is 39.1 Å². The van der Waals surface area contributed by atoms with E-state index in [0.717, 1.165) is 28.6 Å². The molecule has 1 aliphatic carbocycles. The lowest BCUT2D eigenvalue weighted by molar-refractivity contribution is 0.385. The smallest absolute Gasteiger partial charge is 0.154 e. The van der Waals surface area contributed by atoms with Gasteiger partial charge in [0.2, 0.25) is 0 Å². The van der Waals surface area contributed by atoms with E-state index in [-0.39, 0.29) is 0 Å².